The van der Waals surface area contributed by atoms with Gasteiger partial charge in [-0.3, -0.25) is 0 Å². The average Bonchev–Trinajstić information content (AvgIpc) is 3.32. The van der Waals surface area contributed by atoms with Crippen molar-refractivity contribution in [3.05, 3.63) is 220 Å². The van der Waals surface area contributed by atoms with Crippen molar-refractivity contribution >= 4 is 118 Å². The van der Waals surface area contributed by atoms with E-state index in [2.05, 4.69) is 220 Å². The molecule has 0 saturated carbocycles. The van der Waals surface area contributed by atoms with Gasteiger partial charge in [-0.05, 0) is 131 Å². The summed E-state index contributed by atoms with van der Waals surface area (Å²) in [5.74, 6) is 0. The van der Waals surface area contributed by atoms with E-state index in [1.54, 1.807) is 0 Å². The Hall–Kier alpha value is -7.54. The van der Waals surface area contributed by atoms with Crippen LogP contribution in [-0.2, 0) is 0 Å². The van der Waals surface area contributed by atoms with Gasteiger partial charge >= 0.3 is 0 Å². The van der Waals surface area contributed by atoms with Crippen molar-refractivity contribution in [2.24, 2.45) is 0 Å². The normalized spacial score (nSPS) is 11.4. The van der Waals surface area contributed by atoms with Crippen molar-refractivity contribution in [1.82, 2.24) is 0 Å². The molecule has 0 radical (unpaired) electrons. The maximum atomic E-state index is 3.00. The van der Waals surface area contributed by atoms with Gasteiger partial charge in [0.2, 0.25) is 0 Å². The lowest BCUT2D eigenvalue weighted by molar-refractivity contribution is 1.78. The molecule has 0 heteroatoms. The largest absolute Gasteiger partial charge is 0.106 e. The molecule has 272 valence electrons. The molecular weight excluding hydrogens is 697 g/mol. The summed E-state index contributed by atoms with van der Waals surface area (Å²) in [5, 5.41) is 29.5. The molecule has 0 unspecified atom stereocenters. The van der Waals surface area contributed by atoms with Crippen LogP contribution in [-0.4, -0.2) is 0 Å². The van der Waals surface area contributed by atoms with Crippen molar-refractivity contribution in [2.45, 2.75) is 0 Å². The Balaban J connectivity index is 0.000000132. The molecule has 13 rings (SSSR count). The van der Waals surface area contributed by atoms with Crippen molar-refractivity contribution < 1.29 is 0 Å². The topological polar surface area (TPSA) is 0 Å². The third kappa shape index (κ3) is 5.09. The highest BCUT2D eigenvalue weighted by atomic mass is 14.2. The van der Waals surface area contributed by atoms with Crippen LogP contribution in [0.5, 0.6) is 0 Å². The van der Waals surface area contributed by atoms with Gasteiger partial charge in [-0.25, -0.2) is 0 Å². The maximum Gasteiger partial charge on any atom is -0.00139 e. The molecular formula is C58H40. The first kappa shape index (κ1) is 34.9. The van der Waals surface area contributed by atoms with E-state index in [1.165, 1.54) is 118 Å². The highest BCUT2D eigenvalue weighted by Gasteiger charge is 2.16. The number of hydrogen-bond acceptors (Lipinski definition) is 0. The molecule has 0 nitrogen and oxygen atoms in total. The first-order chi connectivity index (χ1) is 28.8. The first-order valence-corrected chi connectivity index (χ1v) is 19.9. The number of hydrogen-bond donors (Lipinski definition) is 0. The molecule has 0 spiro atoms. The van der Waals surface area contributed by atoms with Crippen LogP contribution in [0.25, 0.3) is 118 Å². The molecule has 0 saturated heterocycles. The van der Waals surface area contributed by atoms with Gasteiger partial charge < -0.3 is 0 Å². The van der Waals surface area contributed by atoms with E-state index in [-0.39, 0.29) is 0 Å². The van der Waals surface area contributed by atoms with Crippen LogP contribution in [0, 0.1) is 0 Å². The van der Waals surface area contributed by atoms with E-state index in [1.807, 2.05) is 0 Å². The number of benzene rings is 13. The van der Waals surface area contributed by atoms with Crippen LogP contribution >= 0.6 is 0 Å². The molecule has 0 heterocycles. The summed E-state index contributed by atoms with van der Waals surface area (Å²) in [5.41, 5.74) is 0. The second kappa shape index (κ2) is 14.2. The van der Waals surface area contributed by atoms with E-state index in [0.29, 0.717) is 0 Å². The lowest BCUT2D eigenvalue weighted by Crippen LogP contribution is -1.88. The predicted octanol–water partition coefficient (Wildman–Crippen LogP) is 17.1. The molecule has 0 N–H and O–H groups in total. The molecule has 0 amide bonds. The van der Waals surface area contributed by atoms with Gasteiger partial charge in [-0.1, -0.05) is 182 Å². The van der Waals surface area contributed by atoms with Crippen LogP contribution in [0.2, 0.25) is 0 Å². The highest BCUT2D eigenvalue weighted by Crippen LogP contribution is 2.45. The Morgan fingerprint density at radius 1 is 0.155 bits per heavy atom. The molecule has 0 aliphatic rings. The Bertz CT molecular complexity index is 3230. The fourth-order valence-corrected chi connectivity index (χ4v) is 9.75. The molecule has 13 aromatic rings. The maximum absolute atomic E-state index is 3.00. The van der Waals surface area contributed by atoms with E-state index in [0.717, 1.165) is 0 Å². The summed E-state index contributed by atoms with van der Waals surface area (Å²) < 4.78 is 0. The Morgan fingerprint density at radius 2 is 0.293 bits per heavy atom. The van der Waals surface area contributed by atoms with E-state index in [4.69, 9.17) is 0 Å². The van der Waals surface area contributed by atoms with Gasteiger partial charge in [0, 0.05) is 0 Å². The second-order valence-corrected chi connectivity index (χ2v) is 14.7. The number of rotatable bonds is 0. The molecule has 0 aliphatic carbocycles. The fourth-order valence-electron chi connectivity index (χ4n) is 9.75. The van der Waals surface area contributed by atoms with Gasteiger partial charge in [0.25, 0.3) is 0 Å². The van der Waals surface area contributed by atoms with Crippen LogP contribution in [0.3, 0.4) is 0 Å². The van der Waals surface area contributed by atoms with Crippen LogP contribution < -0.4 is 0 Å². The lowest BCUT2D eigenvalue weighted by Gasteiger charge is -2.17. The number of fused-ring (bicyclic) bond motifs is 18. The minimum absolute atomic E-state index is 1.32. The predicted molar refractivity (Wildman–Crippen MR) is 259 cm³/mol. The summed E-state index contributed by atoms with van der Waals surface area (Å²) in [6.45, 7) is 12.0. The Morgan fingerprint density at radius 3 is 0.483 bits per heavy atom. The summed E-state index contributed by atoms with van der Waals surface area (Å²) in [7, 11) is 0. The van der Waals surface area contributed by atoms with Crippen LogP contribution in [0.1, 0.15) is 0 Å². The summed E-state index contributed by atoms with van der Waals surface area (Å²) in [6, 6.07) is 71.1. The quantitative estimate of drug-likeness (QED) is 0.0826. The minimum Gasteiger partial charge on any atom is -0.106 e. The van der Waals surface area contributed by atoms with Crippen molar-refractivity contribution in [2.75, 3.05) is 0 Å². The molecule has 13 aromatic carbocycles. The Labute approximate surface area is 337 Å². The zero-order valence-corrected chi connectivity index (χ0v) is 32.3. The zero-order valence-electron chi connectivity index (χ0n) is 32.3. The highest BCUT2D eigenvalue weighted by molar-refractivity contribution is 6.40. The van der Waals surface area contributed by atoms with Crippen LogP contribution in [0.15, 0.2) is 220 Å². The lowest BCUT2D eigenvalue weighted by atomic mass is 9.86. The fraction of sp³-hybridized carbons (Fsp3) is 0. The average molecular weight is 737 g/mol. The van der Waals surface area contributed by atoms with Gasteiger partial charge in [0.05, 0.1) is 0 Å². The Kier molecular flexibility index (Phi) is 8.54. The smallest absolute Gasteiger partial charge is 0.00139 e. The second-order valence-electron chi connectivity index (χ2n) is 14.7. The third-order valence-electron chi connectivity index (χ3n) is 12.0. The molecule has 0 aliphatic heterocycles. The molecule has 0 fully saturated rings. The van der Waals surface area contributed by atoms with Crippen molar-refractivity contribution in [3.63, 3.8) is 0 Å². The van der Waals surface area contributed by atoms with Gasteiger partial charge in [-0.15, -0.1) is 26.3 Å². The van der Waals surface area contributed by atoms with Gasteiger partial charge in [-0.2, -0.15) is 0 Å². The van der Waals surface area contributed by atoms with E-state index < -0.39 is 0 Å². The van der Waals surface area contributed by atoms with Crippen molar-refractivity contribution in [1.29, 1.82) is 0 Å². The van der Waals surface area contributed by atoms with Crippen molar-refractivity contribution in [3.8, 4) is 0 Å². The zero-order chi connectivity index (χ0) is 39.3. The van der Waals surface area contributed by atoms with Gasteiger partial charge in [0.1, 0.15) is 0 Å². The first-order valence-electron chi connectivity index (χ1n) is 19.9. The molecule has 0 aromatic heterocycles. The summed E-state index contributed by atoms with van der Waals surface area (Å²) in [6.07, 6.45) is 0. The SMILES string of the molecule is C=C.C=C.c1ccc2c(c1)c1cccc3c4ccccc4c4cccc2c4c13.c1ccc2c(c1)c1ccccc1c1cc3c4ccccc4c4ccccc4c3cc21. The van der Waals surface area contributed by atoms with Crippen LogP contribution in [0.4, 0.5) is 0 Å². The third-order valence-corrected chi connectivity index (χ3v) is 12.0. The molecule has 0 bridgehead atoms. The van der Waals surface area contributed by atoms with Gasteiger partial charge in [0.15, 0.2) is 0 Å². The summed E-state index contributed by atoms with van der Waals surface area (Å²) >= 11 is 0. The molecule has 58 heavy (non-hydrogen) atoms. The standard InChI is InChI=1S/C30H18.C24H14.2C2H4/c1-5-13-23-19(9-1)20-10-2-6-14-24(20)28-18-30-26-16-8-4-12-22(26)21-11-3-7-15-25(21)29(30)17-27(23)28;1-2-8-16-15(7-1)19-11-5-13-21-17-9-3-4-10-18(17)22-14-6-12-20(16)24(22)23(19)21;2*1-2/h1-18H;1-14H;2*1-2H2. The van der Waals surface area contributed by atoms with E-state index >= 15 is 0 Å². The molecule has 0 atom stereocenters. The summed E-state index contributed by atoms with van der Waals surface area (Å²) in [4.78, 5) is 0. The van der Waals surface area contributed by atoms with E-state index in [9.17, 15) is 0 Å². The monoisotopic (exact) mass is 736 g/mol. The minimum atomic E-state index is 1.32.